The number of benzene rings is 2. The van der Waals surface area contributed by atoms with Crippen molar-refractivity contribution in [3.8, 4) is 10.4 Å². The zero-order chi connectivity index (χ0) is 31.8. The number of carbonyl (C=O) groups excluding carboxylic acids is 3. The molecule has 4 rings (SSSR count). The largest absolute Gasteiger partial charge is 0.391 e. The first-order valence-corrected chi connectivity index (χ1v) is 15.9. The summed E-state index contributed by atoms with van der Waals surface area (Å²) in [5.74, 6) is -0.839. The van der Waals surface area contributed by atoms with E-state index < -0.39 is 18.2 Å². The summed E-state index contributed by atoms with van der Waals surface area (Å²) in [6.07, 6.45) is 0.0395. The van der Waals surface area contributed by atoms with Gasteiger partial charge in [-0.1, -0.05) is 70.2 Å². The smallest absolute Gasteiger partial charge is 0.246 e. The van der Waals surface area contributed by atoms with Gasteiger partial charge in [0, 0.05) is 19.5 Å². The highest BCUT2D eigenvalue weighted by molar-refractivity contribution is 7.13. The molecule has 0 saturated carbocycles. The number of aliphatic hydroxyl groups excluding tert-OH is 1. The van der Waals surface area contributed by atoms with Crippen molar-refractivity contribution in [3.05, 3.63) is 75.9 Å². The molecule has 3 amide bonds. The van der Waals surface area contributed by atoms with Gasteiger partial charge in [-0.2, -0.15) is 0 Å². The predicted octanol–water partition coefficient (Wildman–Crippen LogP) is 5.58. The van der Waals surface area contributed by atoms with Gasteiger partial charge in [0.2, 0.25) is 18.2 Å². The molecule has 3 aromatic rings. The molecule has 0 bridgehead atoms. The second kappa shape index (κ2) is 15.3. The monoisotopic (exact) mass is 606 g/mol. The molecule has 4 unspecified atom stereocenters. The van der Waals surface area contributed by atoms with Crippen LogP contribution in [0.3, 0.4) is 0 Å². The lowest BCUT2D eigenvalue weighted by Crippen LogP contribution is -2.55. The summed E-state index contributed by atoms with van der Waals surface area (Å²) in [4.78, 5) is 48.2. The molecule has 43 heavy (non-hydrogen) atoms. The number of nitrogens with one attached hydrogen (secondary N) is 1. The van der Waals surface area contributed by atoms with Crippen molar-refractivity contribution in [3.63, 3.8) is 0 Å². The second-order valence-electron chi connectivity index (χ2n) is 11.4. The first kappa shape index (κ1) is 33.9. The van der Waals surface area contributed by atoms with Crippen LogP contribution in [0.2, 0.25) is 0 Å². The lowest BCUT2D eigenvalue weighted by molar-refractivity contribution is -0.147. The number of aliphatic hydroxyl groups is 1. The van der Waals surface area contributed by atoms with Crippen molar-refractivity contribution in [2.75, 3.05) is 6.54 Å². The zero-order valence-electron chi connectivity index (χ0n) is 26.6. The summed E-state index contributed by atoms with van der Waals surface area (Å²) in [6, 6.07) is 12.0. The molecule has 1 aliphatic heterocycles. The average Bonchev–Trinajstić information content (AvgIpc) is 3.59. The Morgan fingerprint density at radius 2 is 1.81 bits per heavy atom. The van der Waals surface area contributed by atoms with Crippen LogP contribution in [0.4, 0.5) is 0 Å². The van der Waals surface area contributed by atoms with E-state index in [4.69, 9.17) is 0 Å². The third-order valence-electron chi connectivity index (χ3n) is 7.96. The molecule has 232 valence electrons. The van der Waals surface area contributed by atoms with Crippen LogP contribution in [0.15, 0.2) is 48.0 Å². The minimum atomic E-state index is -0.826. The van der Waals surface area contributed by atoms with Crippen molar-refractivity contribution < 1.29 is 19.5 Å². The van der Waals surface area contributed by atoms with Crippen LogP contribution in [-0.4, -0.2) is 62.8 Å². The number of rotatable bonds is 10. The summed E-state index contributed by atoms with van der Waals surface area (Å²) in [7, 11) is 0. The maximum atomic E-state index is 13.9. The van der Waals surface area contributed by atoms with Gasteiger partial charge in [-0.25, -0.2) is 4.98 Å². The van der Waals surface area contributed by atoms with Crippen LogP contribution >= 0.6 is 11.3 Å². The Kier molecular flexibility index (Phi) is 12.0. The Balaban J connectivity index is 0.00000248. The fourth-order valence-corrected chi connectivity index (χ4v) is 6.54. The quantitative estimate of drug-likeness (QED) is 0.293. The van der Waals surface area contributed by atoms with Gasteiger partial charge in [0.15, 0.2) is 0 Å². The molecular formula is C34H46N4O4S. The Bertz CT molecular complexity index is 1400. The molecule has 1 aromatic heterocycles. The number of hydrogen-bond donors (Lipinski definition) is 2. The topological polar surface area (TPSA) is 103 Å². The molecule has 0 aliphatic carbocycles. The second-order valence-corrected chi connectivity index (χ2v) is 12.2. The van der Waals surface area contributed by atoms with E-state index in [1.165, 1.54) is 9.80 Å². The highest BCUT2D eigenvalue weighted by Gasteiger charge is 2.43. The van der Waals surface area contributed by atoms with E-state index >= 15 is 0 Å². The van der Waals surface area contributed by atoms with Gasteiger partial charge in [0.05, 0.1) is 28.2 Å². The number of likely N-dealkylation sites (tertiary alicyclic amines) is 1. The van der Waals surface area contributed by atoms with Crippen LogP contribution in [0.1, 0.15) is 75.0 Å². The Morgan fingerprint density at radius 1 is 1.12 bits per heavy atom. The number of hydrogen-bond acceptors (Lipinski definition) is 6. The molecule has 8 nitrogen and oxygen atoms in total. The van der Waals surface area contributed by atoms with Crippen molar-refractivity contribution in [2.24, 2.45) is 5.92 Å². The van der Waals surface area contributed by atoms with Gasteiger partial charge in [0.1, 0.15) is 12.1 Å². The van der Waals surface area contributed by atoms with Crippen LogP contribution < -0.4 is 5.32 Å². The minimum absolute atomic E-state index is 0.0491. The minimum Gasteiger partial charge on any atom is -0.391 e. The van der Waals surface area contributed by atoms with Crippen LogP contribution in [0.25, 0.3) is 10.4 Å². The highest BCUT2D eigenvalue weighted by Crippen LogP contribution is 2.31. The van der Waals surface area contributed by atoms with Crippen molar-refractivity contribution in [1.29, 1.82) is 0 Å². The Labute approximate surface area is 260 Å². The number of carbonyl (C=O) groups is 3. The third kappa shape index (κ3) is 7.89. The van der Waals surface area contributed by atoms with E-state index in [1.54, 1.807) is 11.3 Å². The van der Waals surface area contributed by atoms with Gasteiger partial charge in [0.25, 0.3) is 0 Å². The van der Waals surface area contributed by atoms with E-state index in [0.717, 1.165) is 38.4 Å². The summed E-state index contributed by atoms with van der Waals surface area (Å²) in [6.45, 7) is 16.0. The van der Waals surface area contributed by atoms with E-state index in [2.05, 4.69) is 16.4 Å². The van der Waals surface area contributed by atoms with Gasteiger partial charge in [-0.15, -0.1) is 11.3 Å². The highest BCUT2D eigenvalue weighted by atomic mass is 32.1. The SMILES string of the molecule is CC.Cc1ccccc1CN(C=O)C(C(=O)N1CC(O)CC1C(=O)NC(C)c1ccc(-c2scnc2C)cc1C)C(C)C. The van der Waals surface area contributed by atoms with E-state index in [0.29, 0.717) is 6.41 Å². The molecule has 2 N–H and O–H groups in total. The van der Waals surface area contributed by atoms with Gasteiger partial charge < -0.3 is 20.2 Å². The molecular weight excluding hydrogens is 560 g/mol. The summed E-state index contributed by atoms with van der Waals surface area (Å²) < 4.78 is 0. The number of nitrogens with zero attached hydrogens (tertiary/aromatic N) is 3. The lowest BCUT2D eigenvalue weighted by atomic mass is 9.98. The summed E-state index contributed by atoms with van der Waals surface area (Å²) in [5.41, 5.74) is 7.91. The Hall–Kier alpha value is -3.56. The van der Waals surface area contributed by atoms with Crippen molar-refractivity contribution >= 4 is 29.6 Å². The Morgan fingerprint density at radius 3 is 2.40 bits per heavy atom. The van der Waals surface area contributed by atoms with Gasteiger partial charge in [-0.05, 0) is 61.4 Å². The molecule has 0 spiro atoms. The molecule has 1 aliphatic rings. The van der Waals surface area contributed by atoms with E-state index in [-0.39, 0.29) is 43.3 Å². The number of amides is 3. The first-order valence-electron chi connectivity index (χ1n) is 15.1. The fraction of sp³-hybridized carbons (Fsp3) is 0.471. The number of thiazole rings is 1. The normalized spacial score (nSPS) is 17.6. The molecule has 1 saturated heterocycles. The zero-order valence-corrected chi connectivity index (χ0v) is 27.4. The van der Waals surface area contributed by atoms with E-state index in [1.807, 2.05) is 97.3 Å². The first-order chi connectivity index (χ1) is 20.5. The molecule has 0 radical (unpaired) electrons. The number of aryl methyl sites for hydroxylation is 3. The summed E-state index contributed by atoms with van der Waals surface area (Å²) in [5, 5.41) is 13.6. The molecule has 2 heterocycles. The van der Waals surface area contributed by atoms with Crippen LogP contribution in [0, 0.1) is 26.7 Å². The third-order valence-corrected chi connectivity index (χ3v) is 8.94. The van der Waals surface area contributed by atoms with Crippen molar-refractivity contribution in [2.45, 2.75) is 92.6 Å². The maximum absolute atomic E-state index is 13.9. The summed E-state index contributed by atoms with van der Waals surface area (Å²) >= 11 is 1.60. The number of aromatic nitrogens is 1. The maximum Gasteiger partial charge on any atom is 0.246 e. The van der Waals surface area contributed by atoms with Crippen LogP contribution in [-0.2, 0) is 20.9 Å². The fourth-order valence-electron chi connectivity index (χ4n) is 5.74. The molecule has 2 aromatic carbocycles. The van der Waals surface area contributed by atoms with Crippen LogP contribution in [0.5, 0.6) is 0 Å². The predicted molar refractivity (Wildman–Crippen MR) is 172 cm³/mol. The van der Waals surface area contributed by atoms with Crippen molar-refractivity contribution in [1.82, 2.24) is 20.1 Å². The number of β-amino-alcohol motifs (C(OH)–C–C–N with tert-alkyl or cyclic N) is 1. The standard InChI is InChI=1S/C32H40N4O4S.C2H6/c1-19(2)29(35(18-37)15-25-10-8-7-9-20(25)3)32(40)36-16-26(38)14-28(36)31(39)34-22(5)27-12-11-24(13-21(27)4)30-23(6)33-17-41-30;1-2/h7-13,17-19,22,26,28-29,38H,14-16H2,1-6H3,(H,34,39);1-2H3. The molecule has 9 heteroatoms. The lowest BCUT2D eigenvalue weighted by Gasteiger charge is -2.35. The van der Waals surface area contributed by atoms with E-state index in [9.17, 15) is 19.5 Å². The van der Waals surface area contributed by atoms with Gasteiger partial charge >= 0.3 is 0 Å². The average molecular weight is 607 g/mol. The van der Waals surface area contributed by atoms with Gasteiger partial charge in [-0.3, -0.25) is 14.4 Å². The molecule has 1 fully saturated rings. The molecule has 4 atom stereocenters.